The van der Waals surface area contributed by atoms with Crippen molar-refractivity contribution in [3.8, 4) is 0 Å². The molecule has 20 heavy (non-hydrogen) atoms. The Kier molecular flexibility index (Phi) is 5.79. The van der Waals surface area contributed by atoms with Crippen molar-refractivity contribution in [3.63, 3.8) is 0 Å². The van der Waals surface area contributed by atoms with Crippen LogP contribution in [0.1, 0.15) is 25.7 Å². The van der Waals surface area contributed by atoms with Gasteiger partial charge < -0.3 is 15.5 Å². The summed E-state index contributed by atoms with van der Waals surface area (Å²) in [4.78, 5) is 29.9. The van der Waals surface area contributed by atoms with Gasteiger partial charge in [-0.3, -0.25) is 14.5 Å². The largest absolute Gasteiger partial charge is 0.342 e. The van der Waals surface area contributed by atoms with Gasteiger partial charge in [-0.2, -0.15) is 0 Å². The summed E-state index contributed by atoms with van der Waals surface area (Å²) in [7, 11) is 0. The van der Waals surface area contributed by atoms with Crippen molar-refractivity contribution < 1.29 is 9.59 Å². The third kappa shape index (κ3) is 4.18. The summed E-state index contributed by atoms with van der Waals surface area (Å²) in [5.41, 5.74) is 5.42. The van der Waals surface area contributed by atoms with Crippen LogP contribution in [-0.2, 0) is 9.59 Å². The lowest BCUT2D eigenvalue weighted by Gasteiger charge is -2.35. The van der Waals surface area contributed by atoms with Crippen LogP contribution in [0, 0.1) is 0 Å². The molecule has 6 heteroatoms. The number of rotatable bonds is 5. The Labute approximate surface area is 120 Å². The molecule has 0 unspecified atom stereocenters. The first kappa shape index (κ1) is 15.3. The van der Waals surface area contributed by atoms with Crippen molar-refractivity contribution in [2.45, 2.75) is 25.7 Å². The molecule has 0 spiro atoms. The van der Waals surface area contributed by atoms with Gasteiger partial charge in [0.2, 0.25) is 11.8 Å². The Morgan fingerprint density at radius 3 is 2.05 bits per heavy atom. The second-order valence-corrected chi connectivity index (χ2v) is 5.64. The highest BCUT2D eigenvalue weighted by Gasteiger charge is 2.24. The maximum Gasteiger partial charge on any atom is 0.236 e. The van der Waals surface area contributed by atoms with E-state index in [1.807, 2.05) is 9.80 Å². The number of hydrogen-bond donors (Lipinski definition) is 1. The minimum atomic E-state index is 0.195. The summed E-state index contributed by atoms with van der Waals surface area (Å²) in [6, 6.07) is 0. The van der Waals surface area contributed by atoms with E-state index in [0.29, 0.717) is 19.5 Å². The van der Waals surface area contributed by atoms with E-state index in [0.717, 1.165) is 58.5 Å². The van der Waals surface area contributed by atoms with E-state index in [9.17, 15) is 9.59 Å². The summed E-state index contributed by atoms with van der Waals surface area (Å²) in [6.07, 6.45) is 3.57. The van der Waals surface area contributed by atoms with Crippen LogP contribution in [0.25, 0.3) is 0 Å². The second-order valence-electron chi connectivity index (χ2n) is 5.64. The first-order chi connectivity index (χ1) is 9.70. The Bertz CT molecular complexity index is 334. The molecule has 0 saturated carbocycles. The molecule has 2 saturated heterocycles. The molecule has 2 fully saturated rings. The van der Waals surface area contributed by atoms with Gasteiger partial charge in [0.1, 0.15) is 0 Å². The van der Waals surface area contributed by atoms with Gasteiger partial charge in [0.25, 0.3) is 0 Å². The standard InChI is InChI=1S/C14H26N4O2/c15-5-3-4-13(19)18-10-8-16(9-11-18)12-14(20)17-6-1-2-7-17/h1-12,15H2. The zero-order valence-electron chi connectivity index (χ0n) is 12.2. The Balaban J connectivity index is 1.68. The van der Waals surface area contributed by atoms with Gasteiger partial charge in [0.15, 0.2) is 0 Å². The number of amides is 2. The topological polar surface area (TPSA) is 69.9 Å². The van der Waals surface area contributed by atoms with E-state index >= 15 is 0 Å². The molecule has 0 aromatic heterocycles. The molecule has 114 valence electrons. The van der Waals surface area contributed by atoms with Crippen molar-refractivity contribution in [1.82, 2.24) is 14.7 Å². The molecule has 0 bridgehead atoms. The Hall–Kier alpha value is -1.14. The average Bonchev–Trinajstić information content (AvgIpc) is 3.00. The summed E-state index contributed by atoms with van der Waals surface area (Å²) in [5, 5.41) is 0. The van der Waals surface area contributed by atoms with Gasteiger partial charge in [-0.15, -0.1) is 0 Å². The monoisotopic (exact) mass is 282 g/mol. The molecule has 2 heterocycles. The van der Waals surface area contributed by atoms with Crippen molar-refractivity contribution >= 4 is 11.8 Å². The summed E-state index contributed by atoms with van der Waals surface area (Å²) >= 11 is 0. The molecule has 0 aliphatic carbocycles. The maximum atomic E-state index is 12.1. The zero-order valence-corrected chi connectivity index (χ0v) is 12.2. The molecule has 2 aliphatic heterocycles. The van der Waals surface area contributed by atoms with E-state index in [2.05, 4.69) is 4.90 Å². The number of carbonyl (C=O) groups excluding carboxylic acids is 2. The number of nitrogens with two attached hydrogens (primary N) is 1. The predicted molar refractivity (Wildman–Crippen MR) is 77.1 cm³/mol. The smallest absolute Gasteiger partial charge is 0.236 e. The first-order valence-corrected chi connectivity index (χ1v) is 7.68. The van der Waals surface area contributed by atoms with Gasteiger partial charge in [-0.25, -0.2) is 0 Å². The highest BCUT2D eigenvalue weighted by molar-refractivity contribution is 5.78. The molecule has 2 aliphatic rings. The predicted octanol–water partition coefficient (Wildman–Crippen LogP) is -0.508. The molecule has 0 aromatic rings. The number of hydrogen-bond acceptors (Lipinski definition) is 4. The van der Waals surface area contributed by atoms with E-state index in [1.54, 1.807) is 0 Å². The van der Waals surface area contributed by atoms with Crippen LogP contribution in [0.3, 0.4) is 0 Å². The third-order valence-electron chi connectivity index (χ3n) is 4.14. The lowest BCUT2D eigenvalue weighted by atomic mass is 10.2. The van der Waals surface area contributed by atoms with Crippen LogP contribution < -0.4 is 5.73 Å². The molecule has 0 radical (unpaired) electrons. The first-order valence-electron chi connectivity index (χ1n) is 7.68. The van der Waals surface area contributed by atoms with Gasteiger partial charge >= 0.3 is 0 Å². The summed E-state index contributed by atoms with van der Waals surface area (Å²) < 4.78 is 0. The molecule has 2 rings (SSSR count). The fourth-order valence-electron chi connectivity index (χ4n) is 2.82. The fourth-order valence-corrected chi connectivity index (χ4v) is 2.82. The van der Waals surface area contributed by atoms with Gasteiger partial charge in [-0.1, -0.05) is 0 Å². The average molecular weight is 282 g/mol. The Morgan fingerprint density at radius 1 is 0.850 bits per heavy atom. The fraction of sp³-hybridized carbons (Fsp3) is 0.857. The van der Waals surface area contributed by atoms with Crippen LogP contribution >= 0.6 is 0 Å². The van der Waals surface area contributed by atoms with E-state index in [4.69, 9.17) is 5.73 Å². The van der Waals surface area contributed by atoms with Gasteiger partial charge in [0, 0.05) is 45.7 Å². The summed E-state index contributed by atoms with van der Waals surface area (Å²) in [5.74, 6) is 0.436. The normalized spacial score (nSPS) is 20.4. The van der Waals surface area contributed by atoms with Crippen LogP contribution in [-0.4, -0.2) is 78.9 Å². The number of nitrogens with zero attached hydrogens (tertiary/aromatic N) is 3. The molecule has 0 atom stereocenters. The highest BCUT2D eigenvalue weighted by atomic mass is 16.2. The zero-order chi connectivity index (χ0) is 14.4. The van der Waals surface area contributed by atoms with Gasteiger partial charge in [-0.05, 0) is 25.8 Å². The molecule has 0 aromatic carbocycles. The second kappa shape index (κ2) is 7.59. The number of likely N-dealkylation sites (tertiary alicyclic amines) is 1. The Morgan fingerprint density at radius 2 is 1.45 bits per heavy atom. The maximum absolute atomic E-state index is 12.1. The lowest BCUT2D eigenvalue weighted by Crippen LogP contribution is -2.51. The van der Waals surface area contributed by atoms with Crippen LogP contribution in [0.5, 0.6) is 0 Å². The van der Waals surface area contributed by atoms with E-state index in [1.165, 1.54) is 0 Å². The van der Waals surface area contributed by atoms with Crippen molar-refractivity contribution in [1.29, 1.82) is 0 Å². The summed E-state index contributed by atoms with van der Waals surface area (Å²) in [6.45, 7) is 5.96. The molecule has 2 N–H and O–H groups in total. The number of carbonyl (C=O) groups is 2. The minimum absolute atomic E-state index is 0.195. The van der Waals surface area contributed by atoms with Crippen molar-refractivity contribution in [3.05, 3.63) is 0 Å². The van der Waals surface area contributed by atoms with E-state index in [-0.39, 0.29) is 11.8 Å². The number of piperazine rings is 1. The van der Waals surface area contributed by atoms with Crippen LogP contribution in [0.2, 0.25) is 0 Å². The van der Waals surface area contributed by atoms with Crippen molar-refractivity contribution in [2.24, 2.45) is 5.73 Å². The third-order valence-corrected chi connectivity index (χ3v) is 4.14. The minimum Gasteiger partial charge on any atom is -0.342 e. The van der Waals surface area contributed by atoms with Crippen molar-refractivity contribution in [2.75, 3.05) is 52.4 Å². The van der Waals surface area contributed by atoms with Crippen LogP contribution in [0.15, 0.2) is 0 Å². The quantitative estimate of drug-likeness (QED) is 0.737. The molecular formula is C14H26N4O2. The molecular weight excluding hydrogens is 256 g/mol. The highest BCUT2D eigenvalue weighted by Crippen LogP contribution is 2.10. The van der Waals surface area contributed by atoms with Crippen LogP contribution in [0.4, 0.5) is 0 Å². The molecule has 2 amide bonds. The SMILES string of the molecule is NCCCC(=O)N1CCN(CC(=O)N2CCCC2)CC1. The van der Waals surface area contributed by atoms with Gasteiger partial charge in [0.05, 0.1) is 6.54 Å². The molecule has 6 nitrogen and oxygen atoms in total. The van der Waals surface area contributed by atoms with E-state index < -0.39 is 0 Å². The lowest BCUT2D eigenvalue weighted by molar-refractivity contribution is -0.134.